The van der Waals surface area contributed by atoms with Gasteiger partial charge in [0.1, 0.15) is 0 Å². The van der Waals surface area contributed by atoms with Gasteiger partial charge in [0.25, 0.3) is 0 Å². The minimum atomic E-state index is -0.985. The average Bonchev–Trinajstić information content (AvgIpc) is 2.34. The summed E-state index contributed by atoms with van der Waals surface area (Å²) in [6.45, 7) is 10.3. The molecule has 0 saturated carbocycles. The zero-order valence-corrected chi connectivity index (χ0v) is 15.1. The van der Waals surface area contributed by atoms with Crippen LogP contribution in [0.15, 0.2) is 16.0 Å². The third-order valence-corrected chi connectivity index (χ3v) is 5.04. The Bertz CT molecular complexity index is 342. The molecule has 0 spiro atoms. The Morgan fingerprint density at radius 3 is 2.63 bits per heavy atom. The van der Waals surface area contributed by atoms with Crippen LogP contribution in [0, 0.1) is 11.8 Å². The van der Waals surface area contributed by atoms with Gasteiger partial charge in [0.05, 0.1) is 6.21 Å². The normalized spacial score (nSPS) is 12.6. The van der Waals surface area contributed by atoms with E-state index < -0.39 is 8.07 Å². The molecule has 0 amide bonds. The molecule has 108 valence electrons. The highest BCUT2D eigenvalue weighted by Gasteiger charge is 2.14. The number of rotatable bonds is 8. The van der Waals surface area contributed by atoms with E-state index in [4.69, 9.17) is 0 Å². The van der Waals surface area contributed by atoms with Gasteiger partial charge >= 0.3 is 0 Å². The molecular weight excluding hydrogens is 266 g/mol. The molecule has 0 heterocycles. The molecule has 0 aliphatic carbocycles. The maximum atomic E-state index is 4.33. The average molecular weight is 296 g/mol. The lowest BCUT2D eigenvalue weighted by Gasteiger charge is -2.16. The molecule has 0 unspecified atom stereocenters. The molecule has 0 N–H and O–H groups in total. The molecule has 0 aromatic rings. The van der Waals surface area contributed by atoms with E-state index in [0.29, 0.717) is 0 Å². The lowest BCUT2D eigenvalue weighted by molar-refractivity contribution is 0.828. The van der Waals surface area contributed by atoms with Crippen LogP contribution in [0.1, 0.15) is 32.6 Å². The van der Waals surface area contributed by atoms with Crippen molar-refractivity contribution in [2.24, 2.45) is 4.99 Å². The van der Waals surface area contributed by atoms with Crippen molar-refractivity contribution in [1.29, 1.82) is 0 Å². The van der Waals surface area contributed by atoms with E-state index in [9.17, 15) is 0 Å². The molecule has 19 heavy (non-hydrogen) atoms. The molecule has 0 aromatic carbocycles. The fourth-order valence-corrected chi connectivity index (χ4v) is 4.89. The van der Waals surface area contributed by atoms with Gasteiger partial charge in [-0.1, -0.05) is 50.9 Å². The summed E-state index contributed by atoms with van der Waals surface area (Å²) in [5.41, 5.74) is 0. The smallest absolute Gasteiger partial charge is 0.0711 e. The van der Waals surface area contributed by atoms with E-state index in [1.54, 1.807) is 6.21 Å². The van der Waals surface area contributed by atoms with Gasteiger partial charge < -0.3 is 0 Å². The van der Waals surface area contributed by atoms with Gasteiger partial charge in [-0.2, -0.15) is 0 Å². The molecule has 3 heteroatoms. The van der Waals surface area contributed by atoms with Crippen molar-refractivity contribution in [2.45, 2.75) is 58.3 Å². The predicted octanol–water partition coefficient (Wildman–Crippen LogP) is 5.23. The highest BCUT2D eigenvalue weighted by Crippen LogP contribution is 2.24. The van der Waals surface area contributed by atoms with Crippen LogP contribution in [0.3, 0.4) is 0 Å². The second-order valence-electron chi connectivity index (χ2n) is 5.86. The molecule has 0 aliphatic heterocycles. The van der Waals surface area contributed by atoms with Crippen LogP contribution in [-0.2, 0) is 0 Å². The van der Waals surface area contributed by atoms with Crippen LogP contribution in [0.25, 0.3) is 0 Å². The summed E-state index contributed by atoms with van der Waals surface area (Å²) in [6, 6.07) is 1.29. The van der Waals surface area contributed by atoms with Gasteiger partial charge in [-0.15, -0.1) is 11.8 Å². The van der Waals surface area contributed by atoms with Crippen LogP contribution in [0.4, 0.5) is 0 Å². The number of unbranched alkanes of at least 4 members (excludes halogenated alkanes) is 2. The molecule has 0 aliphatic rings. The summed E-state index contributed by atoms with van der Waals surface area (Å²) in [4.78, 5) is 5.86. The minimum absolute atomic E-state index is 0.859. The van der Waals surface area contributed by atoms with Crippen molar-refractivity contribution >= 4 is 26.1 Å². The van der Waals surface area contributed by atoms with Crippen LogP contribution >= 0.6 is 11.8 Å². The second-order valence-corrected chi connectivity index (χ2v) is 12.3. The Hall–Kier alpha value is -0.463. The number of aliphatic imine (C=N–C) groups is 1. The Morgan fingerprint density at radius 2 is 2.05 bits per heavy atom. The highest BCUT2D eigenvalue weighted by molar-refractivity contribution is 8.02. The van der Waals surface area contributed by atoms with E-state index in [-0.39, 0.29) is 0 Å². The lowest BCUT2D eigenvalue weighted by Crippen LogP contribution is -2.19. The van der Waals surface area contributed by atoms with E-state index in [1.165, 1.54) is 23.8 Å². The van der Waals surface area contributed by atoms with Crippen molar-refractivity contribution < 1.29 is 0 Å². The van der Waals surface area contributed by atoms with E-state index >= 15 is 0 Å². The van der Waals surface area contributed by atoms with Crippen LogP contribution < -0.4 is 0 Å². The molecule has 0 aromatic heterocycles. The van der Waals surface area contributed by atoms with Crippen molar-refractivity contribution in [3.05, 3.63) is 11.0 Å². The summed E-state index contributed by atoms with van der Waals surface area (Å²) >= 11 is 1.89. The maximum Gasteiger partial charge on any atom is 0.0711 e. The van der Waals surface area contributed by atoms with Crippen molar-refractivity contribution in [2.75, 3.05) is 12.8 Å². The van der Waals surface area contributed by atoms with Gasteiger partial charge in [0.2, 0.25) is 0 Å². The Morgan fingerprint density at radius 1 is 1.32 bits per heavy atom. The zero-order chi connectivity index (χ0) is 14.6. The number of hydrogen-bond acceptors (Lipinski definition) is 2. The zero-order valence-electron chi connectivity index (χ0n) is 13.3. The van der Waals surface area contributed by atoms with Crippen molar-refractivity contribution in [3.8, 4) is 11.8 Å². The molecule has 0 fully saturated rings. The summed E-state index contributed by atoms with van der Waals surface area (Å²) in [5, 5.41) is 0. The Kier molecular flexibility index (Phi) is 11.1. The van der Waals surface area contributed by atoms with Gasteiger partial charge in [-0.25, -0.2) is 0 Å². The first-order valence-electron chi connectivity index (χ1n) is 7.19. The van der Waals surface area contributed by atoms with Gasteiger partial charge in [-0.05, 0) is 30.0 Å². The molecule has 0 bridgehead atoms. The first kappa shape index (κ1) is 18.5. The lowest BCUT2D eigenvalue weighted by atomic mass is 10.2. The summed E-state index contributed by atoms with van der Waals surface area (Å²) in [5.74, 6) is 6.11. The SMILES string of the molecule is CCCCC#CC=NCC/C=C(\C[Si](C)(C)C)SC. The minimum Gasteiger partial charge on any atom is -0.284 e. The molecule has 0 saturated heterocycles. The molecule has 0 atom stereocenters. The molecular formula is C16H29NSSi. The third-order valence-electron chi connectivity index (χ3n) is 2.51. The molecule has 1 nitrogen and oxygen atoms in total. The summed E-state index contributed by atoms with van der Waals surface area (Å²) < 4.78 is 0. The monoisotopic (exact) mass is 295 g/mol. The van der Waals surface area contributed by atoms with Crippen LogP contribution in [0.5, 0.6) is 0 Å². The number of allylic oxidation sites excluding steroid dienone is 1. The number of hydrogen-bond donors (Lipinski definition) is 0. The number of nitrogens with zero attached hydrogens (tertiary/aromatic N) is 1. The van der Waals surface area contributed by atoms with Crippen molar-refractivity contribution in [1.82, 2.24) is 0 Å². The molecule has 0 radical (unpaired) electrons. The largest absolute Gasteiger partial charge is 0.284 e. The van der Waals surface area contributed by atoms with E-state index in [0.717, 1.165) is 19.4 Å². The summed E-state index contributed by atoms with van der Waals surface area (Å²) in [7, 11) is -0.985. The maximum absolute atomic E-state index is 4.33. The fraction of sp³-hybridized carbons (Fsp3) is 0.688. The van der Waals surface area contributed by atoms with Crippen LogP contribution in [-0.4, -0.2) is 27.1 Å². The topological polar surface area (TPSA) is 12.4 Å². The number of thioether (sulfide) groups is 1. The first-order chi connectivity index (χ1) is 8.99. The first-order valence-corrected chi connectivity index (χ1v) is 12.1. The van der Waals surface area contributed by atoms with E-state index in [2.05, 4.69) is 55.7 Å². The highest BCUT2D eigenvalue weighted by atomic mass is 32.2. The summed E-state index contributed by atoms with van der Waals surface area (Å²) in [6.07, 6.45) is 10.7. The van der Waals surface area contributed by atoms with E-state index in [1.807, 2.05) is 11.8 Å². The Balaban J connectivity index is 3.91. The molecule has 0 rings (SSSR count). The van der Waals surface area contributed by atoms with Gasteiger partial charge in [-0.3, -0.25) is 4.99 Å². The quantitative estimate of drug-likeness (QED) is 0.259. The van der Waals surface area contributed by atoms with Crippen molar-refractivity contribution in [3.63, 3.8) is 0 Å². The predicted molar refractivity (Wildman–Crippen MR) is 95.0 cm³/mol. The fourth-order valence-electron chi connectivity index (χ4n) is 1.54. The Labute approximate surface area is 125 Å². The standard InChI is InChI=1S/C16H29NSSi/c1-6-7-8-9-10-13-17-14-11-12-16(18-2)15-19(3,4)5/h12-13H,6-8,11,14-15H2,1-5H3/b16-12+,17-13?. The van der Waals surface area contributed by atoms with Gasteiger partial charge in [0, 0.05) is 21.0 Å². The second kappa shape index (κ2) is 11.4. The van der Waals surface area contributed by atoms with Gasteiger partial charge in [0.15, 0.2) is 0 Å². The third kappa shape index (κ3) is 13.8. The van der Waals surface area contributed by atoms with Crippen LogP contribution in [0.2, 0.25) is 25.7 Å².